The highest BCUT2D eigenvalue weighted by Crippen LogP contribution is 2.27. The molecule has 20 heavy (non-hydrogen) atoms. The van der Waals surface area contributed by atoms with Crippen molar-refractivity contribution in [1.29, 1.82) is 0 Å². The van der Waals surface area contributed by atoms with Gasteiger partial charge in [-0.05, 0) is 19.1 Å². The van der Waals surface area contributed by atoms with Gasteiger partial charge < -0.3 is 9.84 Å². The molecule has 0 amide bonds. The normalized spacial score (nSPS) is 21.1. The van der Waals surface area contributed by atoms with E-state index in [0.717, 1.165) is 10.4 Å². The van der Waals surface area contributed by atoms with Gasteiger partial charge in [-0.15, -0.1) is 0 Å². The van der Waals surface area contributed by atoms with Gasteiger partial charge in [0.2, 0.25) is 10.0 Å². The van der Waals surface area contributed by atoms with Gasteiger partial charge in [-0.25, -0.2) is 12.8 Å². The Labute approximate surface area is 122 Å². The summed E-state index contributed by atoms with van der Waals surface area (Å²) in [6, 6.07) is 2.27. The van der Waals surface area contributed by atoms with Gasteiger partial charge in [0.25, 0.3) is 0 Å². The Morgan fingerprint density at radius 3 is 2.85 bits per heavy atom. The molecule has 0 aliphatic carbocycles. The molecule has 5 nitrogen and oxygen atoms in total. The van der Waals surface area contributed by atoms with Crippen LogP contribution in [0, 0.1) is 5.82 Å². The standard InChI is InChI=1S/C12H15ClFNO4S/c1-8-6-15(2-3-19-8)20(17,18)11-5-10(13)4-9(7-16)12(11)14/h4-5,8,16H,2-3,6-7H2,1H3. The molecular formula is C12H15ClFNO4S. The van der Waals surface area contributed by atoms with Crippen LogP contribution in [0.5, 0.6) is 0 Å². The quantitative estimate of drug-likeness (QED) is 0.912. The summed E-state index contributed by atoms with van der Waals surface area (Å²) in [6.45, 7) is 1.70. The lowest BCUT2D eigenvalue weighted by atomic mass is 10.2. The molecule has 0 bridgehead atoms. The second-order valence-electron chi connectivity index (χ2n) is 4.58. The predicted octanol–water partition coefficient (Wildman–Crippen LogP) is 1.38. The van der Waals surface area contributed by atoms with Crippen LogP contribution in [0.1, 0.15) is 12.5 Å². The van der Waals surface area contributed by atoms with Crippen LogP contribution in [-0.2, 0) is 21.4 Å². The summed E-state index contributed by atoms with van der Waals surface area (Å²) in [5.41, 5.74) is -0.141. The van der Waals surface area contributed by atoms with Crippen LogP contribution < -0.4 is 0 Å². The molecule has 8 heteroatoms. The third-order valence-corrected chi connectivity index (χ3v) is 5.15. The fourth-order valence-electron chi connectivity index (χ4n) is 2.06. The zero-order valence-electron chi connectivity index (χ0n) is 10.8. The first kappa shape index (κ1) is 15.7. The predicted molar refractivity (Wildman–Crippen MR) is 71.5 cm³/mol. The van der Waals surface area contributed by atoms with E-state index in [0.29, 0.717) is 0 Å². The van der Waals surface area contributed by atoms with E-state index in [4.69, 9.17) is 21.4 Å². The number of hydrogen-bond acceptors (Lipinski definition) is 4. The van der Waals surface area contributed by atoms with Crippen molar-refractivity contribution in [2.45, 2.75) is 24.5 Å². The van der Waals surface area contributed by atoms with Crippen molar-refractivity contribution in [1.82, 2.24) is 4.31 Å². The van der Waals surface area contributed by atoms with Crippen LogP contribution in [0.25, 0.3) is 0 Å². The van der Waals surface area contributed by atoms with E-state index in [2.05, 4.69) is 0 Å². The van der Waals surface area contributed by atoms with Crippen LogP contribution >= 0.6 is 11.6 Å². The van der Waals surface area contributed by atoms with Crippen LogP contribution in [0.4, 0.5) is 4.39 Å². The number of halogens is 2. The Hall–Kier alpha value is -0.730. The molecule has 2 rings (SSSR count). The molecule has 1 aromatic rings. The van der Waals surface area contributed by atoms with Crippen LogP contribution in [0.2, 0.25) is 5.02 Å². The molecule has 1 heterocycles. The molecule has 0 radical (unpaired) electrons. The zero-order chi connectivity index (χ0) is 14.9. The molecule has 1 N–H and O–H groups in total. The number of rotatable bonds is 3. The Morgan fingerprint density at radius 1 is 1.55 bits per heavy atom. The Bertz CT molecular complexity index is 608. The highest BCUT2D eigenvalue weighted by molar-refractivity contribution is 7.89. The minimum absolute atomic E-state index is 0.0651. The minimum atomic E-state index is -4.00. The number of benzene rings is 1. The van der Waals surface area contributed by atoms with E-state index >= 15 is 0 Å². The van der Waals surface area contributed by atoms with Crippen molar-refractivity contribution in [3.05, 3.63) is 28.5 Å². The van der Waals surface area contributed by atoms with E-state index in [9.17, 15) is 12.8 Å². The summed E-state index contributed by atoms with van der Waals surface area (Å²) >= 11 is 5.79. The lowest BCUT2D eigenvalue weighted by molar-refractivity contribution is 0.0101. The van der Waals surface area contributed by atoms with Gasteiger partial charge in [-0.1, -0.05) is 11.6 Å². The fourth-order valence-corrected chi connectivity index (χ4v) is 4.00. The fraction of sp³-hybridized carbons (Fsp3) is 0.500. The summed E-state index contributed by atoms with van der Waals surface area (Å²) in [5, 5.41) is 9.12. The molecular weight excluding hydrogens is 309 g/mol. The number of morpholine rings is 1. The lowest BCUT2D eigenvalue weighted by Gasteiger charge is -2.30. The number of hydrogen-bond donors (Lipinski definition) is 1. The van der Waals surface area contributed by atoms with E-state index in [1.165, 1.54) is 6.07 Å². The van der Waals surface area contributed by atoms with Gasteiger partial charge in [0.15, 0.2) is 0 Å². The monoisotopic (exact) mass is 323 g/mol. The first-order valence-corrected chi connectivity index (χ1v) is 7.88. The molecule has 1 atom stereocenters. The van der Waals surface area contributed by atoms with Gasteiger partial charge in [-0.2, -0.15) is 4.31 Å². The third kappa shape index (κ3) is 2.96. The maximum atomic E-state index is 14.1. The van der Waals surface area contributed by atoms with Crippen molar-refractivity contribution in [2.24, 2.45) is 0 Å². The second-order valence-corrected chi connectivity index (χ2v) is 6.92. The van der Waals surface area contributed by atoms with Crippen LogP contribution in [0.15, 0.2) is 17.0 Å². The van der Waals surface area contributed by atoms with Gasteiger partial charge in [0.05, 0.1) is 19.3 Å². The first-order chi connectivity index (χ1) is 9.36. The summed E-state index contributed by atoms with van der Waals surface area (Å²) in [5.74, 6) is -0.962. The maximum Gasteiger partial charge on any atom is 0.246 e. The minimum Gasteiger partial charge on any atom is -0.392 e. The van der Waals surface area contributed by atoms with Crippen molar-refractivity contribution < 1.29 is 22.7 Å². The molecule has 1 unspecified atom stereocenters. The topological polar surface area (TPSA) is 66.8 Å². The SMILES string of the molecule is CC1CN(S(=O)(=O)c2cc(Cl)cc(CO)c2F)CCO1. The Balaban J connectivity index is 2.46. The van der Waals surface area contributed by atoms with E-state index in [-0.39, 0.29) is 36.4 Å². The average molecular weight is 324 g/mol. The number of aliphatic hydroxyl groups excluding tert-OH is 1. The number of aliphatic hydroxyl groups is 1. The summed E-state index contributed by atoms with van der Waals surface area (Å²) in [7, 11) is -4.00. The molecule has 112 valence electrons. The molecule has 1 fully saturated rings. The zero-order valence-corrected chi connectivity index (χ0v) is 12.4. The van der Waals surface area contributed by atoms with Crippen molar-refractivity contribution in [3.63, 3.8) is 0 Å². The lowest BCUT2D eigenvalue weighted by Crippen LogP contribution is -2.44. The molecule has 1 aliphatic heterocycles. The first-order valence-electron chi connectivity index (χ1n) is 6.06. The van der Waals surface area contributed by atoms with Crippen LogP contribution in [0.3, 0.4) is 0 Å². The highest BCUT2D eigenvalue weighted by Gasteiger charge is 2.32. The van der Waals surface area contributed by atoms with Crippen molar-refractivity contribution in [2.75, 3.05) is 19.7 Å². The van der Waals surface area contributed by atoms with Crippen LogP contribution in [-0.4, -0.2) is 43.6 Å². The van der Waals surface area contributed by atoms with Crippen molar-refractivity contribution >= 4 is 21.6 Å². The Kier molecular flexibility index (Phi) is 4.66. The average Bonchev–Trinajstić information content (AvgIpc) is 2.40. The van der Waals surface area contributed by atoms with Gasteiger partial charge >= 0.3 is 0 Å². The smallest absolute Gasteiger partial charge is 0.246 e. The summed E-state index contributed by atoms with van der Waals surface area (Å²) < 4.78 is 45.5. The number of sulfonamides is 1. The number of ether oxygens (including phenoxy) is 1. The van der Waals surface area contributed by atoms with Gasteiger partial charge in [-0.3, -0.25) is 0 Å². The van der Waals surface area contributed by atoms with E-state index in [1.807, 2.05) is 0 Å². The third-order valence-electron chi connectivity index (χ3n) is 3.07. The summed E-state index contributed by atoms with van der Waals surface area (Å²) in [4.78, 5) is -0.511. The Morgan fingerprint density at radius 2 is 2.25 bits per heavy atom. The van der Waals surface area contributed by atoms with E-state index in [1.54, 1.807) is 6.92 Å². The second kappa shape index (κ2) is 5.95. The molecule has 1 saturated heterocycles. The molecule has 0 spiro atoms. The van der Waals surface area contributed by atoms with E-state index < -0.39 is 27.3 Å². The molecule has 1 aliphatic rings. The maximum absolute atomic E-state index is 14.1. The van der Waals surface area contributed by atoms with Crippen molar-refractivity contribution in [3.8, 4) is 0 Å². The molecule has 1 aromatic carbocycles. The largest absolute Gasteiger partial charge is 0.392 e. The molecule has 0 saturated carbocycles. The molecule has 0 aromatic heterocycles. The highest BCUT2D eigenvalue weighted by atomic mass is 35.5. The van der Waals surface area contributed by atoms with Gasteiger partial charge in [0.1, 0.15) is 10.7 Å². The van der Waals surface area contributed by atoms with Gasteiger partial charge in [0, 0.05) is 23.7 Å². The number of nitrogens with zero attached hydrogens (tertiary/aromatic N) is 1. The summed E-state index contributed by atoms with van der Waals surface area (Å²) in [6.07, 6.45) is -0.252.